The van der Waals surface area contributed by atoms with Crippen LogP contribution in [-0.4, -0.2) is 0 Å². The largest absolute Gasteiger partial charge is 6.00 e. The Balaban J connectivity index is -0.0000000180. The van der Waals surface area contributed by atoms with Crippen molar-refractivity contribution >= 4 is 52.1 Å². The standard InChI is InChI=1S/Mo.6HO2P/c;6*1-3-2/h;6*(H,1,2)/q+6;;;;;;/p-6. The van der Waals surface area contributed by atoms with Gasteiger partial charge in [-0.2, -0.15) is 0 Å². The Morgan fingerprint density at radius 1 is 0.368 bits per heavy atom. The summed E-state index contributed by atoms with van der Waals surface area (Å²) < 4.78 is 50.1. The second-order valence-electron chi connectivity index (χ2n) is 0.447. The summed E-state index contributed by atoms with van der Waals surface area (Å²) in [6.45, 7) is 0. The van der Waals surface area contributed by atoms with Crippen molar-refractivity contribution in [3.8, 4) is 0 Å². The normalized spacial score (nSPS) is 6.63. The Labute approximate surface area is 130 Å². The first kappa shape index (κ1) is 42.7. The van der Waals surface area contributed by atoms with Crippen molar-refractivity contribution < 1.29 is 77.8 Å². The Hall–Kier alpha value is 1.05. The summed E-state index contributed by atoms with van der Waals surface area (Å²) in [4.78, 5) is 50.1. The Kier molecular flexibility index (Phi) is 281. The minimum absolute atomic E-state index is 0. The van der Waals surface area contributed by atoms with Gasteiger partial charge in [0.15, 0.2) is 0 Å². The van der Waals surface area contributed by atoms with Crippen LogP contribution in [0, 0.1) is 0 Å². The van der Waals surface area contributed by atoms with Gasteiger partial charge >= 0.3 is 21.1 Å². The van der Waals surface area contributed by atoms with Crippen LogP contribution in [0.5, 0.6) is 0 Å². The molecule has 0 saturated carbocycles. The van der Waals surface area contributed by atoms with Crippen LogP contribution in [0.3, 0.4) is 0 Å². The van der Waals surface area contributed by atoms with Crippen LogP contribution >= 0.6 is 52.1 Å². The van der Waals surface area contributed by atoms with Gasteiger partial charge in [0.25, 0.3) is 0 Å². The molecule has 0 N–H and O–H groups in total. The average Bonchev–Trinajstić information content (AvgIpc) is 2.23. The molecule has 0 aliphatic rings. The zero-order valence-corrected chi connectivity index (χ0v) is 15.4. The van der Waals surface area contributed by atoms with E-state index in [9.17, 15) is 0 Å². The molecule has 0 rings (SSSR count). The SMILES string of the molecule is O=P[O-].O=P[O-].O=P[O-].O=P[O-].O=P[O-].O=P[O-].[Mo+6]. The van der Waals surface area contributed by atoms with Crippen LogP contribution in [0.25, 0.3) is 0 Å². The fourth-order valence-corrected chi connectivity index (χ4v) is 0. The monoisotopic (exact) mass is 476 g/mol. The first-order valence-electron chi connectivity index (χ1n) is 2.19. The van der Waals surface area contributed by atoms with Gasteiger partial charge in [-0.05, 0) is 0 Å². The maximum Gasteiger partial charge on any atom is 6.00 e. The molecule has 0 radical (unpaired) electrons. The molecular formula is MoO12P6. The van der Waals surface area contributed by atoms with Gasteiger partial charge in [-0.15, -0.1) is 0 Å². The Morgan fingerprint density at radius 3 is 0.368 bits per heavy atom. The Morgan fingerprint density at radius 2 is 0.368 bits per heavy atom. The summed E-state index contributed by atoms with van der Waals surface area (Å²) in [7, 11) is -6.50. The van der Waals surface area contributed by atoms with Crippen molar-refractivity contribution in [2.24, 2.45) is 0 Å². The third kappa shape index (κ3) is 5040. The molecule has 0 heterocycles. The molecule has 0 spiro atoms. The van der Waals surface area contributed by atoms with E-state index in [0.29, 0.717) is 0 Å². The van der Waals surface area contributed by atoms with E-state index in [0.717, 1.165) is 0 Å². The van der Waals surface area contributed by atoms with E-state index in [4.69, 9.17) is 56.8 Å². The third-order valence-corrected chi connectivity index (χ3v) is 0. The summed E-state index contributed by atoms with van der Waals surface area (Å²) in [6, 6.07) is 0. The summed E-state index contributed by atoms with van der Waals surface area (Å²) in [5.41, 5.74) is 0. The third-order valence-electron chi connectivity index (χ3n) is 0. The number of rotatable bonds is 0. The van der Waals surface area contributed by atoms with Crippen LogP contribution in [0.2, 0.25) is 0 Å². The van der Waals surface area contributed by atoms with Gasteiger partial charge in [0.2, 0.25) is 0 Å². The molecule has 0 aromatic carbocycles. The molecule has 0 aliphatic heterocycles. The summed E-state index contributed by atoms with van der Waals surface area (Å²) in [5, 5.41) is 0. The molecule has 12 nitrogen and oxygen atoms in total. The summed E-state index contributed by atoms with van der Waals surface area (Å²) in [5.74, 6) is 0. The van der Waals surface area contributed by atoms with Crippen LogP contribution in [0.4, 0.5) is 0 Å². The van der Waals surface area contributed by atoms with Crippen LogP contribution < -0.4 is 29.4 Å². The van der Waals surface area contributed by atoms with Gasteiger partial charge in [0.1, 0.15) is 0 Å². The first-order chi connectivity index (χ1) is 8.49. The van der Waals surface area contributed by atoms with E-state index in [1.165, 1.54) is 0 Å². The fraction of sp³-hybridized carbons (Fsp3) is 0. The van der Waals surface area contributed by atoms with Crippen molar-refractivity contribution in [2.45, 2.75) is 0 Å². The van der Waals surface area contributed by atoms with Crippen molar-refractivity contribution in [3.63, 3.8) is 0 Å². The van der Waals surface area contributed by atoms with Gasteiger partial charge in [0.05, 0.1) is 52.1 Å². The molecular weight excluding hydrogens is 474 g/mol. The van der Waals surface area contributed by atoms with Crippen LogP contribution in [0.1, 0.15) is 0 Å². The topological polar surface area (TPSA) is 241 Å². The maximum absolute atomic E-state index is 8.35. The molecule has 0 aliphatic carbocycles. The van der Waals surface area contributed by atoms with Crippen molar-refractivity contribution in [3.05, 3.63) is 0 Å². The van der Waals surface area contributed by atoms with Gasteiger partial charge < -0.3 is 29.4 Å². The molecule has 0 amide bonds. The molecule has 0 saturated heterocycles. The van der Waals surface area contributed by atoms with Gasteiger partial charge in [-0.1, -0.05) is 0 Å². The molecule has 19 heteroatoms. The molecule has 0 aromatic heterocycles. The number of hydrogen-bond acceptors (Lipinski definition) is 12. The summed E-state index contributed by atoms with van der Waals surface area (Å²) >= 11 is 0. The predicted molar refractivity (Wildman–Crippen MR) is 45.6 cm³/mol. The van der Waals surface area contributed by atoms with Gasteiger partial charge in [-0.25, -0.2) is 0 Å². The van der Waals surface area contributed by atoms with E-state index < -0.39 is 52.1 Å². The molecule has 0 aromatic rings. The first-order valence-corrected chi connectivity index (χ1v) is 6.57. The zero-order chi connectivity index (χ0) is 16.2. The van der Waals surface area contributed by atoms with E-state index >= 15 is 0 Å². The second kappa shape index (κ2) is 125. The second-order valence-corrected chi connectivity index (χ2v) is 1.34. The number of hydrogen-bond donors (Lipinski definition) is 0. The Bertz CT molecular complexity index is 114. The average molecular weight is 474 g/mol. The molecule has 0 fully saturated rings. The zero-order valence-electron chi connectivity index (χ0n) is 7.99. The predicted octanol–water partition coefficient (Wildman–Crippen LogP) is -2.68. The molecule has 108 valence electrons. The van der Waals surface area contributed by atoms with E-state index in [2.05, 4.69) is 0 Å². The molecule has 0 unspecified atom stereocenters. The smallest absolute Gasteiger partial charge is 0.772 e. The summed E-state index contributed by atoms with van der Waals surface area (Å²) in [6.07, 6.45) is 0. The fourth-order valence-electron chi connectivity index (χ4n) is 0. The van der Waals surface area contributed by atoms with Crippen molar-refractivity contribution in [1.29, 1.82) is 0 Å². The molecule has 19 heavy (non-hydrogen) atoms. The van der Waals surface area contributed by atoms with E-state index in [1.54, 1.807) is 0 Å². The van der Waals surface area contributed by atoms with Crippen molar-refractivity contribution in [1.82, 2.24) is 0 Å². The minimum Gasteiger partial charge on any atom is -0.772 e. The van der Waals surface area contributed by atoms with E-state index in [1.807, 2.05) is 0 Å². The van der Waals surface area contributed by atoms with Crippen LogP contribution in [0.15, 0.2) is 0 Å². The van der Waals surface area contributed by atoms with Gasteiger partial charge in [0, 0.05) is 0 Å². The van der Waals surface area contributed by atoms with E-state index in [-0.39, 0.29) is 21.1 Å². The van der Waals surface area contributed by atoms with Crippen molar-refractivity contribution in [2.75, 3.05) is 0 Å². The molecule has 0 atom stereocenters. The van der Waals surface area contributed by atoms with Gasteiger partial charge in [-0.3, -0.25) is 27.4 Å². The quantitative estimate of drug-likeness (QED) is 0.258. The van der Waals surface area contributed by atoms with Crippen LogP contribution in [-0.2, 0) is 48.5 Å². The minimum atomic E-state index is -1.08. The maximum atomic E-state index is 8.35. The molecule has 0 bridgehead atoms.